The first-order valence-electron chi connectivity index (χ1n) is 11.4. The number of carbonyl (C=O) groups is 3. The average Bonchev–Trinajstić information content (AvgIpc) is 3.14. The van der Waals surface area contributed by atoms with Crippen molar-refractivity contribution >= 4 is 23.5 Å². The Labute approximate surface area is 200 Å². The van der Waals surface area contributed by atoms with Gasteiger partial charge in [0.25, 0.3) is 5.54 Å². The molecule has 4 aliphatic rings. The largest absolute Gasteiger partial charge is 0.462 e. The van der Waals surface area contributed by atoms with Crippen LogP contribution in [-0.4, -0.2) is 29.3 Å². The van der Waals surface area contributed by atoms with Crippen LogP contribution in [0.2, 0.25) is 0 Å². The van der Waals surface area contributed by atoms with Crippen molar-refractivity contribution in [3.8, 4) is 0 Å². The lowest BCUT2D eigenvalue weighted by atomic mass is 9.51. The predicted molar refractivity (Wildman–Crippen MR) is 124 cm³/mol. The van der Waals surface area contributed by atoms with Gasteiger partial charge in [0.2, 0.25) is 11.8 Å². The molecular weight excluding hydrogens is 448 g/mol. The van der Waals surface area contributed by atoms with Gasteiger partial charge in [-0.25, -0.2) is 9.69 Å². The van der Waals surface area contributed by atoms with Crippen molar-refractivity contribution in [2.45, 2.75) is 18.4 Å². The molecule has 0 aromatic heterocycles. The molecule has 35 heavy (non-hydrogen) atoms. The third kappa shape index (κ3) is 2.53. The molecule has 3 aromatic rings. The van der Waals surface area contributed by atoms with Gasteiger partial charge in [0.05, 0.1) is 23.8 Å². The summed E-state index contributed by atoms with van der Waals surface area (Å²) in [5.41, 5.74) is 1.06. The Morgan fingerprint density at radius 1 is 0.943 bits per heavy atom. The van der Waals surface area contributed by atoms with Crippen LogP contribution in [0.5, 0.6) is 0 Å². The van der Waals surface area contributed by atoms with E-state index in [0.29, 0.717) is 22.3 Å². The summed E-state index contributed by atoms with van der Waals surface area (Å²) in [4.78, 5) is 53.4. The van der Waals surface area contributed by atoms with Crippen molar-refractivity contribution in [3.63, 3.8) is 0 Å². The molecule has 1 fully saturated rings. The highest BCUT2D eigenvalue weighted by Gasteiger charge is 2.74. The highest BCUT2D eigenvalue weighted by atomic mass is 16.6. The number of anilines is 1. The van der Waals surface area contributed by atoms with E-state index < -0.39 is 46.0 Å². The number of carbonyl (C=O) groups excluding carboxylic acids is 3. The van der Waals surface area contributed by atoms with E-state index in [2.05, 4.69) is 0 Å². The van der Waals surface area contributed by atoms with Gasteiger partial charge in [0.1, 0.15) is 5.92 Å². The zero-order valence-electron chi connectivity index (χ0n) is 18.7. The third-order valence-electron chi connectivity index (χ3n) is 7.50. The second-order valence-corrected chi connectivity index (χ2v) is 8.96. The van der Waals surface area contributed by atoms with E-state index >= 15 is 0 Å². The Bertz CT molecular complexity index is 1380. The fourth-order valence-corrected chi connectivity index (χ4v) is 6.26. The van der Waals surface area contributed by atoms with Crippen LogP contribution in [0, 0.1) is 22.0 Å². The van der Waals surface area contributed by atoms with Crippen molar-refractivity contribution in [1.82, 2.24) is 0 Å². The maximum atomic E-state index is 13.9. The molecular formula is C27H20N2O6. The van der Waals surface area contributed by atoms with E-state index in [4.69, 9.17) is 4.74 Å². The van der Waals surface area contributed by atoms with E-state index in [9.17, 15) is 24.5 Å². The van der Waals surface area contributed by atoms with E-state index in [0.717, 1.165) is 4.90 Å². The number of hydrogen-bond acceptors (Lipinski definition) is 6. The summed E-state index contributed by atoms with van der Waals surface area (Å²) >= 11 is 0. The molecule has 2 atom stereocenters. The Kier molecular flexibility index (Phi) is 4.45. The molecule has 3 aliphatic carbocycles. The minimum atomic E-state index is -1.86. The first-order valence-corrected chi connectivity index (χ1v) is 11.4. The summed E-state index contributed by atoms with van der Waals surface area (Å²) in [5, 5.41) is 12.9. The number of ether oxygens (including phenoxy) is 1. The Morgan fingerprint density at radius 2 is 1.51 bits per heavy atom. The lowest BCUT2D eigenvalue weighted by Crippen LogP contribution is -2.57. The number of rotatable bonds is 4. The molecule has 174 valence electrons. The van der Waals surface area contributed by atoms with Gasteiger partial charge in [0.15, 0.2) is 0 Å². The van der Waals surface area contributed by atoms with Crippen molar-refractivity contribution < 1.29 is 24.0 Å². The average molecular weight is 468 g/mol. The van der Waals surface area contributed by atoms with Crippen LogP contribution in [0.4, 0.5) is 5.69 Å². The van der Waals surface area contributed by atoms with Gasteiger partial charge in [0, 0.05) is 22.0 Å². The lowest BCUT2D eigenvalue weighted by Gasteiger charge is -2.48. The molecule has 0 N–H and O–H groups in total. The molecule has 0 saturated carbocycles. The van der Waals surface area contributed by atoms with Gasteiger partial charge in [-0.3, -0.25) is 19.7 Å². The number of esters is 1. The van der Waals surface area contributed by atoms with Crippen LogP contribution in [0.3, 0.4) is 0 Å². The van der Waals surface area contributed by atoms with Crippen LogP contribution in [-0.2, 0) is 19.9 Å². The second kappa shape index (κ2) is 7.33. The molecule has 1 aliphatic heterocycles. The molecule has 8 nitrogen and oxygen atoms in total. The maximum Gasteiger partial charge on any atom is 0.338 e. The maximum absolute atomic E-state index is 13.9. The molecule has 1 saturated heterocycles. The SMILES string of the molecule is CCOC(=O)c1ccc(N2C(=O)[C@@H]3C4c5ccccc5C([N+](=O)[O-])(c5ccccc54)[C@@H]3C2=O)cc1. The monoisotopic (exact) mass is 468 g/mol. The van der Waals surface area contributed by atoms with Crippen molar-refractivity contribution in [1.29, 1.82) is 0 Å². The summed E-state index contributed by atoms with van der Waals surface area (Å²) in [6.07, 6.45) is 0. The van der Waals surface area contributed by atoms with Gasteiger partial charge >= 0.3 is 5.97 Å². The summed E-state index contributed by atoms with van der Waals surface area (Å²) in [7, 11) is 0. The number of imide groups is 1. The summed E-state index contributed by atoms with van der Waals surface area (Å²) in [6, 6.07) is 20.1. The smallest absolute Gasteiger partial charge is 0.338 e. The Hall–Kier alpha value is -4.33. The van der Waals surface area contributed by atoms with Crippen LogP contribution in [0.1, 0.15) is 45.5 Å². The van der Waals surface area contributed by atoms with Crippen LogP contribution >= 0.6 is 0 Å². The normalized spacial score (nSPS) is 25.6. The van der Waals surface area contributed by atoms with Crippen LogP contribution < -0.4 is 4.90 Å². The van der Waals surface area contributed by atoms with Crippen molar-refractivity contribution in [2.75, 3.05) is 11.5 Å². The minimum absolute atomic E-state index is 0.221. The zero-order chi connectivity index (χ0) is 24.5. The summed E-state index contributed by atoms with van der Waals surface area (Å²) in [6.45, 7) is 1.92. The topological polar surface area (TPSA) is 107 Å². The van der Waals surface area contributed by atoms with Crippen LogP contribution in [0.25, 0.3) is 0 Å². The standard InChI is InChI=1S/C27H20N2O6/c1-2-35-26(32)15-11-13-16(14-12-15)28-24(30)22-21-17-7-3-5-9-19(17)27(29(33)34,23(22)25(28)31)20-10-6-4-8-18(20)21/h3-14,21-23H,2H2,1H3/t21?,22-,23+,27?/m1/s1. The predicted octanol–water partition coefficient (Wildman–Crippen LogP) is 3.65. The van der Waals surface area contributed by atoms with Crippen LogP contribution in [0.15, 0.2) is 72.8 Å². The molecule has 2 amide bonds. The Morgan fingerprint density at radius 3 is 2.06 bits per heavy atom. The quantitative estimate of drug-likeness (QED) is 0.250. The molecule has 0 unspecified atom stereocenters. The highest BCUT2D eigenvalue weighted by molar-refractivity contribution is 6.23. The molecule has 7 rings (SSSR count). The fraction of sp³-hybridized carbons (Fsp3) is 0.222. The molecule has 3 aromatic carbocycles. The number of nitrogens with zero attached hydrogens (tertiary/aromatic N) is 2. The number of benzene rings is 3. The van der Waals surface area contributed by atoms with Gasteiger partial charge < -0.3 is 4.74 Å². The molecule has 8 heteroatoms. The third-order valence-corrected chi connectivity index (χ3v) is 7.50. The second-order valence-electron chi connectivity index (χ2n) is 8.96. The highest BCUT2D eigenvalue weighted by Crippen LogP contribution is 2.64. The zero-order valence-corrected chi connectivity index (χ0v) is 18.7. The van der Waals surface area contributed by atoms with E-state index in [1.165, 1.54) is 24.3 Å². The molecule has 0 radical (unpaired) electrons. The minimum Gasteiger partial charge on any atom is -0.462 e. The van der Waals surface area contributed by atoms with Crippen molar-refractivity contribution in [3.05, 3.63) is 111 Å². The first-order chi connectivity index (χ1) is 16.9. The molecule has 0 spiro atoms. The summed E-state index contributed by atoms with van der Waals surface area (Å²) < 4.78 is 5.00. The fourth-order valence-electron chi connectivity index (χ4n) is 6.26. The van der Waals surface area contributed by atoms with E-state index in [1.54, 1.807) is 43.3 Å². The van der Waals surface area contributed by atoms with E-state index in [1.807, 2.05) is 12.1 Å². The molecule has 1 heterocycles. The number of amides is 2. The van der Waals surface area contributed by atoms with Gasteiger partial charge in [-0.15, -0.1) is 0 Å². The Balaban J connectivity index is 1.53. The first kappa shape index (κ1) is 21.2. The summed E-state index contributed by atoms with van der Waals surface area (Å²) in [5.74, 6) is -4.12. The van der Waals surface area contributed by atoms with Gasteiger partial charge in [-0.1, -0.05) is 48.5 Å². The van der Waals surface area contributed by atoms with Gasteiger partial charge in [-0.2, -0.15) is 0 Å². The van der Waals surface area contributed by atoms with Crippen molar-refractivity contribution in [2.24, 2.45) is 11.8 Å². The van der Waals surface area contributed by atoms with E-state index in [-0.39, 0.29) is 17.9 Å². The number of hydrogen-bond donors (Lipinski definition) is 0. The lowest BCUT2D eigenvalue weighted by molar-refractivity contribution is -0.578. The number of nitro groups is 1. The van der Waals surface area contributed by atoms with Gasteiger partial charge in [-0.05, 0) is 42.3 Å². The molecule has 2 bridgehead atoms.